The summed E-state index contributed by atoms with van der Waals surface area (Å²) < 4.78 is 18.6. The third kappa shape index (κ3) is 12.1. The topological polar surface area (TPSA) is 87.2 Å². The molecule has 0 bridgehead atoms. The van der Waals surface area contributed by atoms with Crippen LogP contribution in [0.3, 0.4) is 0 Å². The average molecular weight is 588 g/mol. The maximum atomic E-state index is 13.3. The largest absolute Gasteiger partial charge is 3.00 e. The van der Waals surface area contributed by atoms with Crippen LogP contribution < -0.4 is 0 Å². The first-order chi connectivity index (χ1) is 13.9. The van der Waals surface area contributed by atoms with Gasteiger partial charge in [0.1, 0.15) is 18.7 Å². The standard InChI is InChI=1S/C21H23FN2O5.3CH3.Ce/c1-23(20(26)27)11-12-24(21(28)29-15-16-5-3-2-4-6-16)10-9-17-7-8-19(22)13-18(17)14-25;;;;/h2-8,13-14H,9-12,15H2,1H3,(H,26,27);3*1H3;/q;3*-1;+3. The van der Waals surface area contributed by atoms with Gasteiger partial charge in [-0.3, -0.25) is 4.79 Å². The number of hydrogen-bond donors (Lipinski definition) is 1. The molecule has 179 valence electrons. The van der Waals surface area contributed by atoms with Gasteiger partial charge >= 0.3 is 53.9 Å². The Hall–Kier alpha value is -2.04. The van der Waals surface area contributed by atoms with Crippen molar-refractivity contribution >= 4 is 18.5 Å². The third-order valence-electron chi connectivity index (χ3n) is 4.38. The van der Waals surface area contributed by atoms with Gasteiger partial charge in [-0.25, -0.2) is 14.0 Å². The van der Waals surface area contributed by atoms with Gasteiger partial charge in [-0.05, 0) is 29.7 Å². The quantitative estimate of drug-likeness (QED) is 0.337. The van der Waals surface area contributed by atoms with Gasteiger partial charge < -0.3 is 41.9 Å². The van der Waals surface area contributed by atoms with Crippen molar-refractivity contribution in [3.8, 4) is 0 Å². The summed E-state index contributed by atoms with van der Waals surface area (Å²) in [5.41, 5.74) is 1.63. The third-order valence-corrected chi connectivity index (χ3v) is 4.38. The van der Waals surface area contributed by atoms with E-state index < -0.39 is 18.0 Å². The maximum absolute atomic E-state index is 13.3. The smallest absolute Gasteiger partial charge is 0.465 e. The SMILES string of the molecule is CN(CCN(CCc1ccc(F)cc1C=O)C(=O)OCc1ccccc1)C(=O)O.[CH3-].[CH3-].[CH3-].[Ce+3]. The van der Waals surface area contributed by atoms with E-state index in [2.05, 4.69) is 0 Å². The van der Waals surface area contributed by atoms with E-state index in [1.807, 2.05) is 30.3 Å². The minimum absolute atomic E-state index is 0. The Morgan fingerprint density at radius 3 is 2.24 bits per heavy atom. The Morgan fingerprint density at radius 1 is 1.03 bits per heavy atom. The summed E-state index contributed by atoms with van der Waals surface area (Å²) in [5, 5.41) is 9.00. The number of ether oxygens (including phenoxy) is 1. The molecule has 33 heavy (non-hydrogen) atoms. The number of carboxylic acid groups (broad SMARTS) is 1. The molecule has 0 aliphatic heterocycles. The summed E-state index contributed by atoms with van der Waals surface area (Å²) >= 11 is 0. The van der Waals surface area contributed by atoms with Crippen molar-refractivity contribution in [3.63, 3.8) is 0 Å². The number of amides is 2. The van der Waals surface area contributed by atoms with Crippen molar-refractivity contribution in [1.29, 1.82) is 0 Å². The molecule has 2 aromatic carbocycles. The minimum Gasteiger partial charge on any atom is -0.465 e. The van der Waals surface area contributed by atoms with Gasteiger partial charge in [0.2, 0.25) is 0 Å². The summed E-state index contributed by atoms with van der Waals surface area (Å²) in [5.74, 6) is -0.516. The van der Waals surface area contributed by atoms with Gasteiger partial charge in [-0.2, -0.15) is 0 Å². The molecule has 0 unspecified atom stereocenters. The van der Waals surface area contributed by atoms with Crippen LogP contribution in [0.4, 0.5) is 14.0 Å². The number of rotatable bonds is 9. The van der Waals surface area contributed by atoms with Gasteiger partial charge in [0, 0.05) is 32.2 Å². The number of nitrogens with zero attached hydrogens (tertiary/aromatic N) is 2. The van der Waals surface area contributed by atoms with Crippen LogP contribution in [0, 0.1) is 69.8 Å². The molecule has 0 spiro atoms. The van der Waals surface area contributed by atoms with Crippen molar-refractivity contribution in [2.75, 3.05) is 26.7 Å². The van der Waals surface area contributed by atoms with Crippen LogP contribution in [0.2, 0.25) is 0 Å². The Kier molecular flexibility index (Phi) is 19.8. The van der Waals surface area contributed by atoms with E-state index >= 15 is 0 Å². The van der Waals surface area contributed by atoms with Gasteiger partial charge in [0.15, 0.2) is 0 Å². The molecular weight excluding hydrogens is 555 g/mol. The molecule has 2 rings (SSSR count). The molecule has 0 atom stereocenters. The second kappa shape index (κ2) is 18.4. The molecule has 0 aromatic heterocycles. The fraction of sp³-hybridized carbons (Fsp3) is 0.250. The summed E-state index contributed by atoms with van der Waals surface area (Å²) in [6, 6.07) is 13.0. The van der Waals surface area contributed by atoms with E-state index in [1.54, 1.807) is 0 Å². The number of benzene rings is 2. The Bertz CT molecular complexity index is 852. The molecule has 1 N–H and O–H groups in total. The molecule has 1 radical (unpaired) electrons. The molecule has 0 fully saturated rings. The van der Waals surface area contributed by atoms with Crippen LogP contribution in [0.15, 0.2) is 48.5 Å². The summed E-state index contributed by atoms with van der Waals surface area (Å²) in [6.07, 6.45) is -0.841. The van der Waals surface area contributed by atoms with E-state index in [0.717, 1.165) is 16.5 Å². The number of halogens is 1. The summed E-state index contributed by atoms with van der Waals surface area (Å²) in [6.45, 7) is 0.488. The van der Waals surface area contributed by atoms with Crippen LogP contribution in [-0.4, -0.2) is 60.1 Å². The van der Waals surface area contributed by atoms with E-state index in [-0.39, 0.29) is 95.8 Å². The fourth-order valence-corrected chi connectivity index (χ4v) is 2.63. The van der Waals surface area contributed by atoms with Crippen molar-refractivity contribution in [2.24, 2.45) is 0 Å². The zero-order chi connectivity index (χ0) is 21.2. The van der Waals surface area contributed by atoms with Crippen LogP contribution in [0.5, 0.6) is 0 Å². The van der Waals surface area contributed by atoms with Crippen LogP contribution >= 0.6 is 0 Å². The monoisotopic (exact) mass is 587 g/mol. The minimum atomic E-state index is -1.11. The van der Waals surface area contributed by atoms with Crippen molar-refractivity contribution < 1.29 is 70.4 Å². The number of carbonyl (C=O) groups excluding carboxylic acids is 2. The molecule has 2 aromatic rings. The van der Waals surface area contributed by atoms with E-state index in [0.29, 0.717) is 18.3 Å². The van der Waals surface area contributed by atoms with Crippen LogP contribution in [0.1, 0.15) is 21.5 Å². The molecule has 0 saturated heterocycles. The van der Waals surface area contributed by atoms with E-state index in [9.17, 15) is 18.8 Å². The average Bonchev–Trinajstić information content (AvgIpc) is 2.73. The second-order valence-corrected chi connectivity index (χ2v) is 6.44. The zero-order valence-corrected chi connectivity index (χ0v) is 22.7. The Labute approximate surface area is 230 Å². The van der Waals surface area contributed by atoms with Gasteiger partial charge in [0.25, 0.3) is 0 Å². The van der Waals surface area contributed by atoms with Crippen LogP contribution in [-0.2, 0) is 17.8 Å². The first-order valence-corrected chi connectivity index (χ1v) is 9.04. The predicted molar refractivity (Wildman–Crippen MR) is 124 cm³/mol. The number of carbonyl (C=O) groups is 3. The Balaban J connectivity index is -0.00000225. The normalized spacial score (nSPS) is 9.03. The van der Waals surface area contributed by atoms with Gasteiger partial charge in [-0.15, -0.1) is 0 Å². The van der Waals surface area contributed by atoms with Crippen molar-refractivity contribution in [2.45, 2.75) is 13.0 Å². The Morgan fingerprint density at radius 2 is 1.67 bits per heavy atom. The molecule has 7 nitrogen and oxygen atoms in total. The predicted octanol–water partition coefficient (Wildman–Crippen LogP) is 4.78. The van der Waals surface area contributed by atoms with E-state index in [4.69, 9.17) is 9.84 Å². The summed E-state index contributed by atoms with van der Waals surface area (Å²) in [7, 11) is 1.40. The molecular formula is C24H32CeFN2O5. The van der Waals surface area contributed by atoms with Gasteiger partial charge in [-0.1, -0.05) is 36.4 Å². The fourth-order valence-electron chi connectivity index (χ4n) is 2.63. The molecule has 0 aliphatic carbocycles. The molecule has 9 heteroatoms. The maximum Gasteiger partial charge on any atom is 3.00 e. The zero-order valence-electron chi connectivity index (χ0n) is 19.6. The number of hydrogen-bond acceptors (Lipinski definition) is 4. The molecule has 0 aliphatic rings. The summed E-state index contributed by atoms with van der Waals surface area (Å²) in [4.78, 5) is 37.1. The van der Waals surface area contributed by atoms with Crippen molar-refractivity contribution in [3.05, 3.63) is 93.3 Å². The first kappa shape index (κ1) is 35.5. The van der Waals surface area contributed by atoms with Gasteiger partial charge in [0.05, 0.1) is 0 Å². The van der Waals surface area contributed by atoms with Crippen molar-refractivity contribution in [1.82, 2.24) is 9.80 Å². The molecule has 2 amide bonds. The molecule has 0 heterocycles. The first-order valence-electron chi connectivity index (χ1n) is 9.04. The number of aldehydes is 1. The van der Waals surface area contributed by atoms with Crippen LogP contribution in [0.25, 0.3) is 0 Å². The van der Waals surface area contributed by atoms with E-state index in [1.165, 1.54) is 24.1 Å². The number of likely N-dealkylation sites (N-methyl/N-ethyl adjacent to an activating group) is 1. The molecule has 0 saturated carbocycles. The second-order valence-electron chi connectivity index (χ2n) is 6.44.